The topological polar surface area (TPSA) is 46.6 Å². The summed E-state index contributed by atoms with van der Waals surface area (Å²) in [5, 5.41) is 0. The Morgan fingerprint density at radius 3 is 2.39 bits per heavy atom. The van der Waals surface area contributed by atoms with Crippen molar-refractivity contribution in [1.82, 2.24) is 4.90 Å². The van der Waals surface area contributed by atoms with Gasteiger partial charge in [0, 0.05) is 13.5 Å². The van der Waals surface area contributed by atoms with Gasteiger partial charge in [0.2, 0.25) is 5.91 Å². The molecule has 0 saturated carbocycles. The zero-order valence-electron chi connectivity index (χ0n) is 11.1. The van der Waals surface area contributed by atoms with E-state index in [1.807, 2.05) is 30.3 Å². The number of rotatable bonds is 5. The molecular formula is C14H19NO3. The molecule has 1 rings (SSSR count). The average Bonchev–Trinajstić information content (AvgIpc) is 2.36. The second-order valence-electron chi connectivity index (χ2n) is 4.06. The Balaban J connectivity index is 2.77. The van der Waals surface area contributed by atoms with Gasteiger partial charge in [-0.05, 0) is 19.4 Å². The third-order valence-electron chi connectivity index (χ3n) is 2.70. The minimum Gasteiger partial charge on any atom is -0.464 e. The maximum absolute atomic E-state index is 11.7. The van der Waals surface area contributed by atoms with Gasteiger partial charge in [0.05, 0.1) is 6.61 Å². The van der Waals surface area contributed by atoms with E-state index in [-0.39, 0.29) is 11.9 Å². The third kappa shape index (κ3) is 3.87. The average molecular weight is 249 g/mol. The Bertz CT molecular complexity index is 403. The number of carbonyl (C=O) groups excluding carboxylic acids is 2. The van der Waals surface area contributed by atoms with Gasteiger partial charge in [-0.25, -0.2) is 4.79 Å². The molecule has 98 valence electrons. The molecule has 0 aliphatic rings. The predicted octanol–water partition coefficient (Wildman–Crippen LogP) is 1.99. The van der Waals surface area contributed by atoms with E-state index in [1.165, 1.54) is 11.8 Å². The van der Waals surface area contributed by atoms with Crippen LogP contribution in [0.5, 0.6) is 0 Å². The lowest BCUT2D eigenvalue weighted by molar-refractivity contribution is -0.153. The Morgan fingerprint density at radius 1 is 1.28 bits per heavy atom. The highest BCUT2D eigenvalue weighted by Crippen LogP contribution is 2.10. The summed E-state index contributed by atoms with van der Waals surface area (Å²) < 4.78 is 4.94. The molecule has 0 N–H and O–H groups in total. The molecule has 0 bridgehead atoms. The van der Waals surface area contributed by atoms with Gasteiger partial charge < -0.3 is 9.64 Å². The summed E-state index contributed by atoms with van der Waals surface area (Å²) >= 11 is 0. The van der Waals surface area contributed by atoms with Crippen molar-refractivity contribution in [2.24, 2.45) is 0 Å². The van der Waals surface area contributed by atoms with Crippen LogP contribution in [-0.2, 0) is 20.9 Å². The number of nitrogens with zero attached hydrogens (tertiary/aromatic N) is 1. The van der Waals surface area contributed by atoms with E-state index in [2.05, 4.69) is 0 Å². The molecule has 1 aromatic carbocycles. The predicted molar refractivity (Wildman–Crippen MR) is 68.8 cm³/mol. The standard InChI is InChI=1S/C14H19NO3/c1-4-18-14(17)11(2)15(12(3)16)10-13-8-6-5-7-9-13/h5-9,11H,4,10H2,1-3H3. The van der Waals surface area contributed by atoms with E-state index in [0.717, 1.165) is 5.56 Å². The van der Waals surface area contributed by atoms with Crippen LogP contribution in [0.2, 0.25) is 0 Å². The van der Waals surface area contributed by atoms with Crippen LogP contribution in [0.15, 0.2) is 30.3 Å². The highest BCUT2D eigenvalue weighted by atomic mass is 16.5. The lowest BCUT2D eigenvalue weighted by Crippen LogP contribution is -2.42. The van der Waals surface area contributed by atoms with Gasteiger partial charge in [0.15, 0.2) is 0 Å². The van der Waals surface area contributed by atoms with E-state index >= 15 is 0 Å². The molecule has 1 amide bonds. The van der Waals surface area contributed by atoms with Crippen molar-refractivity contribution >= 4 is 11.9 Å². The van der Waals surface area contributed by atoms with Gasteiger partial charge in [0.25, 0.3) is 0 Å². The lowest BCUT2D eigenvalue weighted by Gasteiger charge is -2.26. The fourth-order valence-corrected chi connectivity index (χ4v) is 1.69. The van der Waals surface area contributed by atoms with Crippen LogP contribution in [0.1, 0.15) is 26.3 Å². The van der Waals surface area contributed by atoms with Gasteiger partial charge in [-0.15, -0.1) is 0 Å². The fourth-order valence-electron chi connectivity index (χ4n) is 1.69. The van der Waals surface area contributed by atoms with E-state index in [0.29, 0.717) is 13.2 Å². The smallest absolute Gasteiger partial charge is 0.328 e. The summed E-state index contributed by atoms with van der Waals surface area (Å²) in [6, 6.07) is 9.01. The third-order valence-corrected chi connectivity index (χ3v) is 2.70. The number of amides is 1. The quantitative estimate of drug-likeness (QED) is 0.750. The van der Waals surface area contributed by atoms with Crippen LogP contribution in [0.25, 0.3) is 0 Å². The summed E-state index contributed by atoms with van der Waals surface area (Å²) in [5.74, 6) is -0.511. The molecule has 1 unspecified atom stereocenters. The highest BCUT2D eigenvalue weighted by Gasteiger charge is 2.24. The highest BCUT2D eigenvalue weighted by molar-refractivity contribution is 5.83. The lowest BCUT2D eigenvalue weighted by atomic mass is 10.2. The summed E-state index contributed by atoms with van der Waals surface area (Å²) in [6.45, 7) is 5.62. The molecule has 18 heavy (non-hydrogen) atoms. The van der Waals surface area contributed by atoms with Crippen molar-refractivity contribution < 1.29 is 14.3 Å². The number of ether oxygens (including phenoxy) is 1. The van der Waals surface area contributed by atoms with E-state index in [9.17, 15) is 9.59 Å². The van der Waals surface area contributed by atoms with Crippen LogP contribution in [0.4, 0.5) is 0 Å². The monoisotopic (exact) mass is 249 g/mol. The molecule has 0 aromatic heterocycles. The Hall–Kier alpha value is -1.84. The Morgan fingerprint density at radius 2 is 1.89 bits per heavy atom. The van der Waals surface area contributed by atoms with Gasteiger partial charge in [-0.3, -0.25) is 4.79 Å². The molecule has 0 radical (unpaired) electrons. The molecule has 1 aromatic rings. The first-order valence-corrected chi connectivity index (χ1v) is 6.04. The fraction of sp³-hybridized carbons (Fsp3) is 0.429. The van der Waals surface area contributed by atoms with Crippen LogP contribution in [-0.4, -0.2) is 29.4 Å². The second-order valence-corrected chi connectivity index (χ2v) is 4.06. The van der Waals surface area contributed by atoms with Crippen LogP contribution < -0.4 is 0 Å². The van der Waals surface area contributed by atoms with Crippen LogP contribution >= 0.6 is 0 Å². The molecule has 0 aliphatic carbocycles. The molecule has 0 fully saturated rings. The largest absolute Gasteiger partial charge is 0.464 e. The molecule has 0 heterocycles. The summed E-state index contributed by atoms with van der Waals surface area (Å²) in [7, 11) is 0. The zero-order chi connectivity index (χ0) is 13.5. The zero-order valence-corrected chi connectivity index (χ0v) is 11.1. The molecule has 0 aliphatic heterocycles. The summed E-state index contributed by atoms with van der Waals surface area (Å²) in [6.07, 6.45) is 0. The first-order chi connectivity index (χ1) is 8.56. The van der Waals surface area contributed by atoms with Crippen LogP contribution in [0.3, 0.4) is 0 Å². The summed E-state index contributed by atoms with van der Waals surface area (Å²) in [5.41, 5.74) is 0.990. The van der Waals surface area contributed by atoms with Gasteiger partial charge in [-0.2, -0.15) is 0 Å². The van der Waals surface area contributed by atoms with Crippen molar-refractivity contribution in [3.8, 4) is 0 Å². The second kappa shape index (κ2) is 6.79. The van der Waals surface area contributed by atoms with Gasteiger partial charge >= 0.3 is 5.97 Å². The first-order valence-electron chi connectivity index (χ1n) is 6.04. The number of carbonyl (C=O) groups is 2. The van der Waals surface area contributed by atoms with E-state index in [4.69, 9.17) is 4.74 Å². The SMILES string of the molecule is CCOC(=O)C(C)N(Cc1ccccc1)C(C)=O. The molecule has 4 heteroatoms. The minimum atomic E-state index is -0.567. The molecule has 0 saturated heterocycles. The van der Waals surface area contributed by atoms with Gasteiger partial charge in [0.1, 0.15) is 6.04 Å². The van der Waals surface area contributed by atoms with Crippen molar-refractivity contribution in [3.63, 3.8) is 0 Å². The van der Waals surface area contributed by atoms with Gasteiger partial charge in [-0.1, -0.05) is 30.3 Å². The van der Waals surface area contributed by atoms with Crippen molar-refractivity contribution in [1.29, 1.82) is 0 Å². The molecule has 4 nitrogen and oxygen atoms in total. The first kappa shape index (κ1) is 14.2. The van der Waals surface area contributed by atoms with Crippen molar-refractivity contribution in [2.75, 3.05) is 6.61 Å². The minimum absolute atomic E-state index is 0.139. The maximum atomic E-state index is 11.7. The number of hydrogen-bond donors (Lipinski definition) is 0. The molecular weight excluding hydrogens is 230 g/mol. The maximum Gasteiger partial charge on any atom is 0.328 e. The molecule has 1 atom stereocenters. The summed E-state index contributed by atoms with van der Waals surface area (Å²) in [4.78, 5) is 24.8. The van der Waals surface area contributed by atoms with Crippen molar-refractivity contribution in [2.45, 2.75) is 33.4 Å². The van der Waals surface area contributed by atoms with E-state index in [1.54, 1.807) is 13.8 Å². The molecule has 0 spiro atoms. The van der Waals surface area contributed by atoms with Crippen LogP contribution in [0, 0.1) is 0 Å². The Kier molecular flexibility index (Phi) is 5.36. The number of benzene rings is 1. The van der Waals surface area contributed by atoms with E-state index < -0.39 is 6.04 Å². The van der Waals surface area contributed by atoms with Crippen molar-refractivity contribution in [3.05, 3.63) is 35.9 Å². The number of esters is 1. The Labute approximate surface area is 108 Å². The number of hydrogen-bond acceptors (Lipinski definition) is 3. The normalized spacial score (nSPS) is 11.7.